The summed E-state index contributed by atoms with van der Waals surface area (Å²) in [7, 11) is 3.21. The first-order chi connectivity index (χ1) is 11.2. The Morgan fingerprint density at radius 3 is 2.48 bits per heavy atom. The first-order valence-electron chi connectivity index (χ1n) is 8.00. The number of thioether (sulfide) groups is 1. The molecule has 2 heterocycles. The minimum Gasteiger partial charge on any atom is -0.497 e. The zero-order valence-electron chi connectivity index (χ0n) is 13.9. The van der Waals surface area contributed by atoms with Crippen LogP contribution in [0.5, 0.6) is 11.5 Å². The number of fused-ring (bicyclic) bond motifs is 2. The molecule has 0 saturated carbocycles. The highest BCUT2D eigenvalue weighted by Gasteiger charge is 2.43. The van der Waals surface area contributed by atoms with E-state index in [-0.39, 0.29) is 6.03 Å². The van der Waals surface area contributed by atoms with Gasteiger partial charge in [-0.2, -0.15) is 11.8 Å². The smallest absolute Gasteiger partial charge is 0.322 e. The van der Waals surface area contributed by atoms with Gasteiger partial charge < -0.3 is 19.7 Å². The molecule has 6 heteroatoms. The van der Waals surface area contributed by atoms with Crippen molar-refractivity contribution < 1.29 is 14.3 Å². The van der Waals surface area contributed by atoms with Crippen LogP contribution < -0.4 is 14.8 Å². The average molecular weight is 336 g/mol. The third-order valence-corrected chi connectivity index (χ3v) is 5.96. The van der Waals surface area contributed by atoms with Gasteiger partial charge in [0.15, 0.2) is 0 Å². The summed E-state index contributed by atoms with van der Waals surface area (Å²) in [5.41, 5.74) is 0.685. The van der Waals surface area contributed by atoms with Crippen molar-refractivity contribution in [3.8, 4) is 11.5 Å². The number of nitrogens with one attached hydrogen (secondary N) is 1. The van der Waals surface area contributed by atoms with Gasteiger partial charge in [0, 0.05) is 23.4 Å². The van der Waals surface area contributed by atoms with Crippen molar-refractivity contribution in [3.05, 3.63) is 18.2 Å². The lowest BCUT2D eigenvalue weighted by molar-refractivity contribution is 0.161. The van der Waals surface area contributed by atoms with E-state index in [1.807, 2.05) is 23.9 Å². The monoisotopic (exact) mass is 336 g/mol. The fourth-order valence-corrected chi connectivity index (χ4v) is 4.56. The summed E-state index contributed by atoms with van der Waals surface area (Å²) in [5.74, 6) is 1.32. The molecule has 1 aromatic carbocycles. The largest absolute Gasteiger partial charge is 0.497 e. The van der Waals surface area contributed by atoms with Crippen LogP contribution in [0, 0.1) is 0 Å². The maximum Gasteiger partial charge on any atom is 0.322 e. The molecule has 3 rings (SSSR count). The number of benzene rings is 1. The lowest BCUT2D eigenvalue weighted by Crippen LogP contribution is -2.49. The van der Waals surface area contributed by atoms with Crippen molar-refractivity contribution in [2.45, 2.75) is 43.0 Å². The molecular weight excluding hydrogens is 312 g/mol. The van der Waals surface area contributed by atoms with Crippen LogP contribution >= 0.6 is 11.8 Å². The number of ether oxygens (including phenoxy) is 2. The molecule has 2 atom stereocenters. The quantitative estimate of drug-likeness (QED) is 0.913. The maximum atomic E-state index is 12.8. The van der Waals surface area contributed by atoms with E-state index in [1.54, 1.807) is 20.3 Å². The Morgan fingerprint density at radius 2 is 1.91 bits per heavy atom. The van der Waals surface area contributed by atoms with Crippen molar-refractivity contribution in [3.63, 3.8) is 0 Å². The molecular formula is C17H24N2O3S. The van der Waals surface area contributed by atoms with Crippen molar-refractivity contribution in [1.82, 2.24) is 4.90 Å². The molecule has 2 aliphatic heterocycles. The molecule has 0 radical (unpaired) electrons. The van der Waals surface area contributed by atoms with Crippen molar-refractivity contribution in [1.29, 1.82) is 0 Å². The number of urea groups is 1. The summed E-state index contributed by atoms with van der Waals surface area (Å²) in [5, 5.41) is 3.70. The normalized spacial score (nSPS) is 26.0. The van der Waals surface area contributed by atoms with Crippen LogP contribution in [-0.2, 0) is 0 Å². The van der Waals surface area contributed by atoms with E-state index in [4.69, 9.17) is 9.47 Å². The number of hydrogen-bond acceptors (Lipinski definition) is 4. The van der Waals surface area contributed by atoms with E-state index in [0.29, 0.717) is 34.5 Å². The number of nitrogens with zero attached hydrogens (tertiary/aromatic N) is 1. The van der Waals surface area contributed by atoms with Crippen molar-refractivity contribution in [2.24, 2.45) is 0 Å². The number of carbonyl (C=O) groups is 1. The van der Waals surface area contributed by atoms with Crippen LogP contribution in [0.15, 0.2) is 18.2 Å². The number of hydrogen-bond donors (Lipinski definition) is 1. The van der Waals surface area contributed by atoms with Crippen LogP contribution in [0.2, 0.25) is 0 Å². The summed E-state index contributed by atoms with van der Waals surface area (Å²) < 4.78 is 10.6. The molecule has 2 fully saturated rings. The fourth-order valence-electron chi connectivity index (χ4n) is 3.73. The van der Waals surface area contributed by atoms with Crippen LogP contribution in [-0.4, -0.2) is 48.7 Å². The molecule has 0 aromatic heterocycles. The number of piperidine rings is 1. The second-order valence-electron chi connectivity index (χ2n) is 6.12. The highest BCUT2D eigenvalue weighted by atomic mass is 32.2. The molecule has 126 valence electrons. The highest BCUT2D eigenvalue weighted by molar-refractivity contribution is 7.99. The number of rotatable bonds is 4. The molecule has 1 aromatic rings. The van der Waals surface area contributed by atoms with Gasteiger partial charge in [-0.15, -0.1) is 0 Å². The van der Waals surface area contributed by atoms with Gasteiger partial charge >= 0.3 is 6.03 Å². The van der Waals surface area contributed by atoms with E-state index in [9.17, 15) is 4.79 Å². The second kappa shape index (κ2) is 6.91. The van der Waals surface area contributed by atoms with Gasteiger partial charge in [-0.1, -0.05) is 0 Å². The molecule has 2 unspecified atom stereocenters. The van der Waals surface area contributed by atoms with E-state index < -0.39 is 0 Å². The van der Waals surface area contributed by atoms with Gasteiger partial charge in [0.25, 0.3) is 0 Å². The SMILES string of the molecule is COc1ccc(NC(=O)N2C3CCC2CC(SC)C3)c(OC)c1. The molecule has 2 saturated heterocycles. The van der Waals surface area contributed by atoms with E-state index in [0.717, 1.165) is 25.7 Å². The zero-order chi connectivity index (χ0) is 16.4. The third kappa shape index (κ3) is 3.22. The Kier molecular flexibility index (Phi) is 4.90. The molecule has 0 spiro atoms. The molecule has 2 amide bonds. The average Bonchev–Trinajstić information content (AvgIpc) is 2.85. The third-order valence-electron chi connectivity index (χ3n) is 4.91. The van der Waals surface area contributed by atoms with Crippen LogP contribution in [0.25, 0.3) is 0 Å². The molecule has 5 nitrogen and oxygen atoms in total. The Hall–Kier alpha value is -1.56. The second-order valence-corrected chi connectivity index (χ2v) is 7.26. The Bertz CT molecular complexity index is 567. The predicted octanol–water partition coefficient (Wildman–Crippen LogP) is 3.59. The standard InChI is InChI=1S/C17H24N2O3S/c1-21-13-6-7-15(16(10-13)22-2)18-17(20)19-11-4-5-12(19)9-14(8-11)23-3/h6-7,10-12,14H,4-5,8-9H2,1-3H3,(H,18,20). The van der Waals surface area contributed by atoms with Gasteiger partial charge in [0.05, 0.1) is 19.9 Å². The summed E-state index contributed by atoms with van der Waals surface area (Å²) in [6.45, 7) is 0. The summed E-state index contributed by atoms with van der Waals surface area (Å²) in [6, 6.07) is 6.16. The van der Waals surface area contributed by atoms with Crippen LogP contribution in [0.1, 0.15) is 25.7 Å². The van der Waals surface area contributed by atoms with E-state index in [1.165, 1.54) is 0 Å². The Balaban J connectivity index is 1.73. The lowest BCUT2D eigenvalue weighted by Gasteiger charge is -2.38. The summed E-state index contributed by atoms with van der Waals surface area (Å²) >= 11 is 1.93. The number of anilines is 1. The molecule has 0 aliphatic carbocycles. The first kappa shape index (κ1) is 16.3. The van der Waals surface area contributed by atoms with E-state index in [2.05, 4.69) is 16.5 Å². The molecule has 1 N–H and O–H groups in total. The minimum absolute atomic E-state index is 0.0134. The van der Waals surface area contributed by atoms with Gasteiger partial charge in [-0.25, -0.2) is 4.79 Å². The highest BCUT2D eigenvalue weighted by Crippen LogP contribution is 2.40. The number of amides is 2. The van der Waals surface area contributed by atoms with Gasteiger partial charge in [-0.05, 0) is 44.1 Å². The Morgan fingerprint density at radius 1 is 1.22 bits per heavy atom. The molecule has 2 bridgehead atoms. The van der Waals surface area contributed by atoms with Crippen molar-refractivity contribution >= 4 is 23.5 Å². The predicted molar refractivity (Wildman–Crippen MR) is 93.8 cm³/mol. The molecule has 2 aliphatic rings. The van der Waals surface area contributed by atoms with Gasteiger partial charge in [-0.3, -0.25) is 0 Å². The summed E-state index contributed by atoms with van der Waals surface area (Å²) in [4.78, 5) is 14.8. The van der Waals surface area contributed by atoms with Gasteiger partial charge in [0.1, 0.15) is 11.5 Å². The first-order valence-corrected chi connectivity index (χ1v) is 9.29. The fraction of sp³-hybridized carbons (Fsp3) is 0.588. The molecule has 23 heavy (non-hydrogen) atoms. The number of methoxy groups -OCH3 is 2. The van der Waals surface area contributed by atoms with Crippen molar-refractivity contribution in [2.75, 3.05) is 25.8 Å². The Labute approximate surface area is 141 Å². The maximum absolute atomic E-state index is 12.8. The summed E-state index contributed by atoms with van der Waals surface area (Å²) in [6.07, 6.45) is 6.61. The minimum atomic E-state index is -0.0134. The lowest BCUT2D eigenvalue weighted by atomic mass is 10.0. The van der Waals surface area contributed by atoms with Crippen LogP contribution in [0.3, 0.4) is 0 Å². The topological polar surface area (TPSA) is 50.8 Å². The zero-order valence-corrected chi connectivity index (χ0v) is 14.7. The van der Waals surface area contributed by atoms with E-state index >= 15 is 0 Å². The number of carbonyl (C=O) groups excluding carboxylic acids is 1. The van der Waals surface area contributed by atoms with Gasteiger partial charge in [0.2, 0.25) is 0 Å². The van der Waals surface area contributed by atoms with Crippen LogP contribution in [0.4, 0.5) is 10.5 Å².